The van der Waals surface area contributed by atoms with Crippen LogP contribution in [0, 0.1) is 5.92 Å². The zero-order valence-electron chi connectivity index (χ0n) is 10.5. The standard InChI is InChI=1S/C13H17N5/c1-18-5-4-16-13(18)12-9-15-8-11(17-12)6-10-2-3-14-7-10/h4-5,8-10,14H,2-3,6-7H2,1H3. The molecule has 18 heavy (non-hydrogen) atoms. The Morgan fingerprint density at radius 3 is 3.11 bits per heavy atom. The average molecular weight is 243 g/mol. The first kappa shape index (κ1) is 11.3. The first-order chi connectivity index (χ1) is 8.83. The largest absolute Gasteiger partial charge is 0.333 e. The van der Waals surface area contributed by atoms with Crippen molar-refractivity contribution in [2.24, 2.45) is 13.0 Å². The first-order valence-electron chi connectivity index (χ1n) is 6.32. The van der Waals surface area contributed by atoms with Gasteiger partial charge in [0.2, 0.25) is 0 Å². The lowest BCUT2D eigenvalue weighted by atomic mass is 10.0. The Morgan fingerprint density at radius 1 is 1.44 bits per heavy atom. The highest BCUT2D eigenvalue weighted by atomic mass is 15.1. The van der Waals surface area contributed by atoms with Crippen molar-refractivity contribution in [2.45, 2.75) is 12.8 Å². The minimum absolute atomic E-state index is 0.691. The van der Waals surface area contributed by atoms with E-state index in [0.717, 1.165) is 36.7 Å². The normalized spacial score (nSPS) is 19.3. The maximum atomic E-state index is 4.67. The fourth-order valence-corrected chi connectivity index (χ4v) is 2.41. The second-order valence-corrected chi connectivity index (χ2v) is 4.82. The molecule has 1 unspecified atom stereocenters. The third-order valence-electron chi connectivity index (χ3n) is 3.39. The lowest BCUT2D eigenvalue weighted by Gasteiger charge is -2.08. The molecule has 5 nitrogen and oxygen atoms in total. The monoisotopic (exact) mass is 243 g/mol. The average Bonchev–Trinajstić information content (AvgIpc) is 3.01. The van der Waals surface area contributed by atoms with Gasteiger partial charge in [-0.3, -0.25) is 4.98 Å². The highest BCUT2D eigenvalue weighted by molar-refractivity contribution is 5.47. The molecule has 94 valence electrons. The van der Waals surface area contributed by atoms with Crippen LogP contribution in [0.5, 0.6) is 0 Å². The fraction of sp³-hybridized carbons (Fsp3) is 0.462. The molecule has 0 bridgehead atoms. The summed E-state index contributed by atoms with van der Waals surface area (Å²) in [4.78, 5) is 13.3. The molecule has 0 aliphatic carbocycles. The van der Waals surface area contributed by atoms with Crippen LogP contribution in [0.25, 0.3) is 11.5 Å². The third kappa shape index (κ3) is 2.26. The maximum absolute atomic E-state index is 4.67. The van der Waals surface area contributed by atoms with Gasteiger partial charge in [0.25, 0.3) is 0 Å². The minimum Gasteiger partial charge on any atom is -0.333 e. The van der Waals surface area contributed by atoms with Gasteiger partial charge in [-0.05, 0) is 31.8 Å². The van der Waals surface area contributed by atoms with Crippen LogP contribution in [0.4, 0.5) is 0 Å². The van der Waals surface area contributed by atoms with E-state index in [1.807, 2.05) is 24.0 Å². The third-order valence-corrected chi connectivity index (χ3v) is 3.39. The molecular weight excluding hydrogens is 226 g/mol. The van der Waals surface area contributed by atoms with Gasteiger partial charge in [-0.15, -0.1) is 0 Å². The predicted molar refractivity (Wildman–Crippen MR) is 68.9 cm³/mol. The van der Waals surface area contributed by atoms with Crippen LogP contribution in [-0.4, -0.2) is 32.6 Å². The molecule has 1 N–H and O–H groups in total. The van der Waals surface area contributed by atoms with E-state index < -0.39 is 0 Å². The van der Waals surface area contributed by atoms with Gasteiger partial charge in [-0.25, -0.2) is 9.97 Å². The highest BCUT2D eigenvalue weighted by Gasteiger charge is 2.16. The van der Waals surface area contributed by atoms with Gasteiger partial charge in [0.1, 0.15) is 5.69 Å². The molecule has 0 aromatic carbocycles. The molecule has 0 spiro atoms. The van der Waals surface area contributed by atoms with Crippen LogP contribution in [0.1, 0.15) is 12.1 Å². The van der Waals surface area contributed by atoms with Crippen molar-refractivity contribution in [2.75, 3.05) is 13.1 Å². The van der Waals surface area contributed by atoms with Gasteiger partial charge in [0.05, 0.1) is 11.9 Å². The van der Waals surface area contributed by atoms with E-state index in [2.05, 4.69) is 20.3 Å². The van der Waals surface area contributed by atoms with E-state index in [9.17, 15) is 0 Å². The van der Waals surface area contributed by atoms with Gasteiger partial charge in [0, 0.05) is 25.6 Å². The molecule has 0 saturated carbocycles. The van der Waals surface area contributed by atoms with E-state index in [1.54, 1.807) is 12.4 Å². The summed E-state index contributed by atoms with van der Waals surface area (Å²) >= 11 is 0. The second-order valence-electron chi connectivity index (χ2n) is 4.82. The molecule has 2 aromatic heterocycles. The molecule has 1 aliphatic rings. The number of hydrogen-bond acceptors (Lipinski definition) is 4. The van der Waals surface area contributed by atoms with E-state index in [1.165, 1.54) is 6.42 Å². The van der Waals surface area contributed by atoms with E-state index >= 15 is 0 Å². The van der Waals surface area contributed by atoms with Gasteiger partial charge in [-0.2, -0.15) is 0 Å². The van der Waals surface area contributed by atoms with Crippen LogP contribution >= 0.6 is 0 Å². The van der Waals surface area contributed by atoms with E-state index in [0.29, 0.717) is 5.92 Å². The Kier molecular flexibility index (Phi) is 3.06. The molecule has 5 heteroatoms. The summed E-state index contributed by atoms with van der Waals surface area (Å²) in [5.41, 5.74) is 1.91. The smallest absolute Gasteiger partial charge is 0.159 e. The van der Waals surface area contributed by atoms with Crippen molar-refractivity contribution >= 4 is 0 Å². The fourth-order valence-electron chi connectivity index (χ4n) is 2.41. The molecule has 1 aliphatic heterocycles. The minimum atomic E-state index is 0.691. The van der Waals surface area contributed by atoms with Gasteiger partial charge in [0.15, 0.2) is 5.82 Å². The number of aryl methyl sites for hydroxylation is 1. The van der Waals surface area contributed by atoms with Gasteiger partial charge < -0.3 is 9.88 Å². The van der Waals surface area contributed by atoms with Crippen molar-refractivity contribution in [1.29, 1.82) is 0 Å². The van der Waals surface area contributed by atoms with Crippen molar-refractivity contribution in [3.05, 3.63) is 30.5 Å². The Balaban J connectivity index is 1.82. The number of nitrogens with one attached hydrogen (secondary N) is 1. The van der Waals surface area contributed by atoms with Gasteiger partial charge >= 0.3 is 0 Å². The van der Waals surface area contributed by atoms with Crippen molar-refractivity contribution in [1.82, 2.24) is 24.8 Å². The number of aromatic nitrogens is 4. The summed E-state index contributed by atoms with van der Waals surface area (Å²) in [5, 5.41) is 3.38. The summed E-state index contributed by atoms with van der Waals surface area (Å²) in [5.74, 6) is 1.56. The second kappa shape index (κ2) is 4.86. The first-order valence-corrected chi connectivity index (χ1v) is 6.32. The van der Waals surface area contributed by atoms with E-state index in [4.69, 9.17) is 0 Å². The van der Waals surface area contributed by atoms with Crippen molar-refractivity contribution < 1.29 is 0 Å². The van der Waals surface area contributed by atoms with Gasteiger partial charge in [-0.1, -0.05) is 0 Å². The number of rotatable bonds is 3. The molecule has 1 saturated heterocycles. The molecular formula is C13H17N5. The summed E-state index contributed by atoms with van der Waals surface area (Å²) in [6, 6.07) is 0. The molecule has 3 heterocycles. The van der Waals surface area contributed by atoms with Crippen LogP contribution in [-0.2, 0) is 13.5 Å². The SMILES string of the molecule is Cn1ccnc1-c1cncc(CC2CCNC2)n1. The summed E-state index contributed by atoms with van der Waals surface area (Å²) in [6.45, 7) is 2.21. The summed E-state index contributed by atoms with van der Waals surface area (Å²) in [7, 11) is 1.97. The Labute approximate surface area is 106 Å². The number of imidazole rings is 1. The Hall–Kier alpha value is -1.75. The lowest BCUT2D eigenvalue weighted by Crippen LogP contribution is -2.11. The Morgan fingerprint density at radius 2 is 2.39 bits per heavy atom. The molecule has 0 amide bonds. The maximum Gasteiger partial charge on any atom is 0.159 e. The number of hydrogen-bond donors (Lipinski definition) is 1. The van der Waals surface area contributed by atoms with Crippen molar-refractivity contribution in [3.63, 3.8) is 0 Å². The molecule has 1 fully saturated rings. The molecule has 2 aromatic rings. The topological polar surface area (TPSA) is 55.6 Å². The molecule has 3 rings (SSSR count). The quantitative estimate of drug-likeness (QED) is 0.874. The van der Waals surface area contributed by atoms with E-state index in [-0.39, 0.29) is 0 Å². The van der Waals surface area contributed by atoms with Crippen LogP contribution in [0.15, 0.2) is 24.8 Å². The van der Waals surface area contributed by atoms with Crippen LogP contribution in [0.3, 0.4) is 0 Å². The van der Waals surface area contributed by atoms with Crippen LogP contribution < -0.4 is 5.32 Å². The summed E-state index contributed by atoms with van der Waals surface area (Å²) in [6.07, 6.45) is 9.57. The molecule has 0 radical (unpaired) electrons. The lowest BCUT2D eigenvalue weighted by molar-refractivity contribution is 0.570. The highest BCUT2D eigenvalue weighted by Crippen LogP contribution is 2.17. The summed E-state index contributed by atoms with van der Waals surface area (Å²) < 4.78 is 1.96. The Bertz CT molecular complexity index is 528. The predicted octanol–water partition coefficient (Wildman–Crippen LogP) is 1.03. The zero-order valence-corrected chi connectivity index (χ0v) is 10.5. The zero-order chi connectivity index (χ0) is 12.4. The molecule has 1 atom stereocenters. The number of nitrogens with zero attached hydrogens (tertiary/aromatic N) is 4. The van der Waals surface area contributed by atoms with Crippen molar-refractivity contribution in [3.8, 4) is 11.5 Å². The van der Waals surface area contributed by atoms with Crippen LogP contribution in [0.2, 0.25) is 0 Å².